The molecule has 1 N–H and O–H groups in total. The Morgan fingerprint density at radius 2 is 1.56 bits per heavy atom. The first-order chi connectivity index (χ1) is 17.7. The van der Waals surface area contributed by atoms with Crippen molar-refractivity contribution in [1.29, 1.82) is 0 Å². The Morgan fingerprint density at radius 3 is 2.25 bits per heavy atom. The maximum atomic E-state index is 12.5. The molecule has 2 heterocycles. The number of nitrogens with zero attached hydrogens (tertiary/aromatic N) is 3. The van der Waals surface area contributed by atoms with Crippen molar-refractivity contribution in [3.63, 3.8) is 0 Å². The molecule has 184 valence electrons. The van der Waals surface area contributed by atoms with Crippen LogP contribution in [0, 0.1) is 6.92 Å². The summed E-state index contributed by atoms with van der Waals surface area (Å²) in [6.45, 7) is 7.34. The lowest BCUT2D eigenvalue weighted by Gasteiger charge is -2.35. The number of piperazine rings is 1. The first kappa shape index (κ1) is 23.8. The van der Waals surface area contributed by atoms with Crippen LogP contribution in [-0.2, 0) is 13.0 Å². The van der Waals surface area contributed by atoms with E-state index in [0.717, 1.165) is 56.2 Å². The summed E-state index contributed by atoms with van der Waals surface area (Å²) in [5.74, 6) is 1.37. The fourth-order valence-corrected chi connectivity index (χ4v) is 4.54. The second kappa shape index (κ2) is 11.2. The second-order valence-corrected chi connectivity index (χ2v) is 9.19. The van der Waals surface area contributed by atoms with Gasteiger partial charge < -0.3 is 14.6 Å². The zero-order valence-electron chi connectivity index (χ0n) is 20.7. The lowest BCUT2D eigenvalue weighted by molar-refractivity contribution is 0.0954. The van der Waals surface area contributed by atoms with Crippen molar-refractivity contribution in [3.8, 4) is 11.5 Å². The predicted molar refractivity (Wildman–Crippen MR) is 143 cm³/mol. The summed E-state index contributed by atoms with van der Waals surface area (Å²) in [7, 11) is 0. The first-order valence-electron chi connectivity index (χ1n) is 12.6. The Hall–Kier alpha value is -3.90. The van der Waals surface area contributed by atoms with Crippen molar-refractivity contribution >= 4 is 11.6 Å². The largest absolute Gasteiger partial charge is 0.441 e. The molecular weight excluding hydrogens is 448 g/mol. The molecule has 0 unspecified atom stereocenters. The SMILES string of the molecule is Cc1oc(-c2ccc(C(=O)NCCc3ccccc3)cc2)nc1CN1CCN(c2ccccc2)CC1. The maximum absolute atomic E-state index is 12.5. The molecule has 5 rings (SSSR count). The van der Waals surface area contributed by atoms with Gasteiger partial charge in [-0.25, -0.2) is 4.98 Å². The topological polar surface area (TPSA) is 61.6 Å². The van der Waals surface area contributed by atoms with E-state index in [9.17, 15) is 4.79 Å². The van der Waals surface area contributed by atoms with Gasteiger partial charge in [-0.3, -0.25) is 9.69 Å². The highest BCUT2D eigenvalue weighted by atomic mass is 16.4. The van der Waals surface area contributed by atoms with Crippen LogP contribution in [0.25, 0.3) is 11.5 Å². The predicted octanol–water partition coefficient (Wildman–Crippen LogP) is 4.94. The molecule has 36 heavy (non-hydrogen) atoms. The molecule has 0 spiro atoms. The van der Waals surface area contributed by atoms with Gasteiger partial charge in [0.25, 0.3) is 5.91 Å². The molecule has 1 aromatic heterocycles. The average Bonchev–Trinajstić information content (AvgIpc) is 3.30. The summed E-state index contributed by atoms with van der Waals surface area (Å²) in [6, 6.07) is 28.2. The Labute approximate surface area is 212 Å². The molecule has 0 atom stereocenters. The van der Waals surface area contributed by atoms with E-state index in [4.69, 9.17) is 9.40 Å². The Bertz CT molecular complexity index is 1260. The van der Waals surface area contributed by atoms with E-state index in [0.29, 0.717) is 18.0 Å². The van der Waals surface area contributed by atoms with Crippen molar-refractivity contribution < 1.29 is 9.21 Å². The number of amides is 1. The van der Waals surface area contributed by atoms with Crippen LogP contribution >= 0.6 is 0 Å². The fraction of sp³-hybridized carbons (Fsp3) is 0.267. The molecule has 3 aromatic carbocycles. The highest BCUT2D eigenvalue weighted by molar-refractivity contribution is 5.94. The number of aryl methyl sites for hydroxylation is 1. The fourth-order valence-electron chi connectivity index (χ4n) is 4.54. The van der Waals surface area contributed by atoms with Crippen LogP contribution in [-0.4, -0.2) is 48.5 Å². The number of hydrogen-bond donors (Lipinski definition) is 1. The van der Waals surface area contributed by atoms with Gasteiger partial charge in [-0.2, -0.15) is 0 Å². The van der Waals surface area contributed by atoms with E-state index in [1.54, 1.807) is 0 Å². The standard InChI is InChI=1S/C30H32N4O2/c1-23-28(22-33-18-20-34(21-19-33)27-10-6-3-7-11-27)32-30(36-23)26-14-12-25(13-15-26)29(35)31-17-16-24-8-4-2-5-9-24/h2-15H,16-22H2,1H3,(H,31,35). The molecule has 1 saturated heterocycles. The number of carbonyl (C=O) groups excluding carboxylic acids is 1. The smallest absolute Gasteiger partial charge is 0.251 e. The minimum atomic E-state index is -0.0728. The van der Waals surface area contributed by atoms with Crippen molar-refractivity contribution in [2.45, 2.75) is 19.9 Å². The Kier molecular flexibility index (Phi) is 7.43. The number of anilines is 1. The summed E-state index contributed by atoms with van der Waals surface area (Å²) >= 11 is 0. The van der Waals surface area contributed by atoms with Crippen molar-refractivity contribution in [2.75, 3.05) is 37.6 Å². The summed E-state index contributed by atoms with van der Waals surface area (Å²) in [5.41, 5.74) is 4.97. The van der Waals surface area contributed by atoms with Gasteiger partial charge in [0.1, 0.15) is 5.76 Å². The van der Waals surface area contributed by atoms with Gasteiger partial charge in [0, 0.05) is 56.1 Å². The van der Waals surface area contributed by atoms with Crippen LogP contribution in [0.1, 0.15) is 27.4 Å². The lowest BCUT2D eigenvalue weighted by atomic mass is 10.1. The van der Waals surface area contributed by atoms with Gasteiger partial charge in [-0.1, -0.05) is 48.5 Å². The van der Waals surface area contributed by atoms with E-state index in [1.807, 2.05) is 49.4 Å². The third-order valence-corrected chi connectivity index (χ3v) is 6.70. The maximum Gasteiger partial charge on any atom is 0.251 e. The molecule has 6 heteroatoms. The minimum absolute atomic E-state index is 0.0728. The number of aromatic nitrogens is 1. The number of carbonyl (C=O) groups is 1. The highest BCUT2D eigenvalue weighted by Gasteiger charge is 2.20. The minimum Gasteiger partial charge on any atom is -0.441 e. The number of oxazole rings is 1. The number of benzene rings is 3. The molecular formula is C30H32N4O2. The van der Waals surface area contributed by atoms with Crippen molar-refractivity contribution in [2.24, 2.45) is 0 Å². The highest BCUT2D eigenvalue weighted by Crippen LogP contribution is 2.24. The normalized spacial score (nSPS) is 14.1. The van der Waals surface area contributed by atoms with Crippen LogP contribution in [0.4, 0.5) is 5.69 Å². The van der Waals surface area contributed by atoms with Gasteiger partial charge in [0.15, 0.2) is 0 Å². The van der Waals surface area contributed by atoms with Gasteiger partial charge in [-0.05, 0) is 55.3 Å². The Morgan fingerprint density at radius 1 is 0.889 bits per heavy atom. The van der Waals surface area contributed by atoms with E-state index in [2.05, 4.69) is 57.6 Å². The van der Waals surface area contributed by atoms with Crippen LogP contribution in [0.2, 0.25) is 0 Å². The van der Waals surface area contributed by atoms with E-state index in [-0.39, 0.29) is 5.91 Å². The second-order valence-electron chi connectivity index (χ2n) is 9.19. The molecule has 4 aromatic rings. The van der Waals surface area contributed by atoms with Crippen LogP contribution in [0.3, 0.4) is 0 Å². The molecule has 0 radical (unpaired) electrons. The summed E-state index contributed by atoms with van der Waals surface area (Å²) < 4.78 is 6.00. The van der Waals surface area contributed by atoms with Crippen molar-refractivity contribution in [3.05, 3.63) is 108 Å². The lowest BCUT2D eigenvalue weighted by Crippen LogP contribution is -2.46. The molecule has 1 aliphatic heterocycles. The number of nitrogens with one attached hydrogen (secondary N) is 1. The number of hydrogen-bond acceptors (Lipinski definition) is 5. The van der Waals surface area contributed by atoms with Crippen molar-refractivity contribution in [1.82, 2.24) is 15.2 Å². The zero-order valence-corrected chi connectivity index (χ0v) is 20.7. The number of rotatable bonds is 8. The van der Waals surface area contributed by atoms with E-state index in [1.165, 1.54) is 11.3 Å². The average molecular weight is 481 g/mol. The molecule has 1 fully saturated rings. The first-order valence-corrected chi connectivity index (χ1v) is 12.6. The van der Waals surface area contributed by atoms with Gasteiger partial charge in [0.2, 0.25) is 5.89 Å². The third kappa shape index (κ3) is 5.83. The monoisotopic (exact) mass is 480 g/mol. The molecule has 0 saturated carbocycles. The zero-order chi connectivity index (χ0) is 24.7. The third-order valence-electron chi connectivity index (χ3n) is 6.70. The van der Waals surface area contributed by atoms with Gasteiger partial charge >= 0.3 is 0 Å². The van der Waals surface area contributed by atoms with Gasteiger partial charge in [-0.15, -0.1) is 0 Å². The quantitative estimate of drug-likeness (QED) is 0.387. The molecule has 1 aliphatic rings. The molecule has 1 amide bonds. The van der Waals surface area contributed by atoms with Gasteiger partial charge in [0.05, 0.1) is 5.69 Å². The summed E-state index contributed by atoms with van der Waals surface area (Å²) in [5, 5.41) is 2.99. The Balaban J connectivity index is 1.14. The van der Waals surface area contributed by atoms with Crippen LogP contribution in [0.15, 0.2) is 89.3 Å². The van der Waals surface area contributed by atoms with Crippen LogP contribution in [0.5, 0.6) is 0 Å². The summed E-state index contributed by atoms with van der Waals surface area (Å²) in [6.07, 6.45) is 0.810. The molecule has 0 bridgehead atoms. The van der Waals surface area contributed by atoms with E-state index >= 15 is 0 Å². The molecule has 6 nitrogen and oxygen atoms in total. The molecule has 0 aliphatic carbocycles. The summed E-state index contributed by atoms with van der Waals surface area (Å²) in [4.78, 5) is 22.2. The van der Waals surface area contributed by atoms with E-state index < -0.39 is 0 Å². The number of para-hydroxylation sites is 1. The van der Waals surface area contributed by atoms with Crippen LogP contribution < -0.4 is 10.2 Å².